The Morgan fingerprint density at radius 3 is 1.91 bits per heavy atom. The maximum atomic E-state index is 14.3. The second kappa shape index (κ2) is 12.8. The summed E-state index contributed by atoms with van der Waals surface area (Å²) in [4.78, 5) is 53.8. The van der Waals surface area contributed by atoms with E-state index in [9.17, 15) is 24.5 Å². The first-order valence-corrected chi connectivity index (χ1v) is 14.5. The lowest BCUT2D eigenvalue weighted by Crippen LogP contribution is -2.28. The molecule has 2 amide bonds. The van der Waals surface area contributed by atoms with Gasteiger partial charge < -0.3 is 15.4 Å². The van der Waals surface area contributed by atoms with Crippen LogP contribution >= 0.6 is 0 Å². The van der Waals surface area contributed by atoms with E-state index in [4.69, 9.17) is 9.84 Å². The lowest BCUT2D eigenvalue weighted by Gasteiger charge is -2.23. The number of aromatic nitrogens is 2. The van der Waals surface area contributed by atoms with Crippen LogP contribution in [0.15, 0.2) is 120 Å². The molecule has 0 unspecified atom stereocenters. The number of benzene rings is 5. The summed E-state index contributed by atoms with van der Waals surface area (Å²) in [7, 11) is 1.53. The Morgan fingerprint density at radius 2 is 1.34 bits per heavy atom. The van der Waals surface area contributed by atoms with E-state index in [-0.39, 0.29) is 39.5 Å². The van der Waals surface area contributed by atoms with Crippen LogP contribution in [0.5, 0.6) is 5.75 Å². The number of nitro groups is 1. The first kappa shape index (κ1) is 30.4. The predicted octanol–water partition coefficient (Wildman–Crippen LogP) is 6.73. The number of para-hydroxylation sites is 4. The van der Waals surface area contributed by atoms with Crippen molar-refractivity contribution in [1.29, 1.82) is 0 Å². The number of anilines is 2. The molecule has 47 heavy (non-hydrogen) atoms. The molecule has 0 saturated heterocycles. The fourth-order valence-electron chi connectivity index (χ4n) is 5.41. The smallest absolute Gasteiger partial charge is 0.294 e. The molecule has 4 aromatic carbocycles. The quantitative estimate of drug-likeness (QED) is 0.141. The van der Waals surface area contributed by atoms with Crippen molar-refractivity contribution in [1.82, 2.24) is 9.78 Å². The first-order chi connectivity index (χ1) is 22.8. The van der Waals surface area contributed by atoms with Crippen molar-refractivity contribution in [3.8, 4) is 33.8 Å². The molecule has 232 valence electrons. The molecule has 0 atom stereocenters. The normalized spacial score (nSPS) is 10.8. The van der Waals surface area contributed by atoms with E-state index >= 15 is 0 Å². The van der Waals surface area contributed by atoms with Crippen molar-refractivity contribution >= 4 is 28.9 Å². The van der Waals surface area contributed by atoms with E-state index in [2.05, 4.69) is 10.6 Å². The highest BCUT2D eigenvalue weighted by atomic mass is 16.6. The standard InChI is InChI=1S/C36H27N5O6/c1-22-31(35(43)37-24-11-5-3-6-12-24)33-32(36(44)38-25-13-7-4-8-14-25)30(42)21-27(23-17-19-26(47-2)20-18-23)34(33)39-40(22)28-15-9-10-16-29(28)41(45)46/h3-21H,1-2H3,(H,37,43)(H,38,44). The Hall–Kier alpha value is -6.62. The molecule has 4 aromatic rings. The summed E-state index contributed by atoms with van der Waals surface area (Å²) in [5, 5.41) is 22.6. The van der Waals surface area contributed by atoms with Gasteiger partial charge in [0.15, 0.2) is 5.43 Å². The van der Waals surface area contributed by atoms with Gasteiger partial charge in [0.1, 0.15) is 17.1 Å². The van der Waals surface area contributed by atoms with Crippen LogP contribution in [0.25, 0.3) is 28.1 Å². The number of ether oxygens (including phenoxy) is 1. The number of rotatable bonds is 8. The van der Waals surface area contributed by atoms with Gasteiger partial charge in [-0.1, -0.05) is 60.7 Å². The Morgan fingerprint density at radius 1 is 0.787 bits per heavy atom. The average molecular weight is 626 g/mol. The zero-order chi connectivity index (χ0) is 33.1. The van der Waals surface area contributed by atoms with Gasteiger partial charge in [-0.3, -0.25) is 24.5 Å². The van der Waals surface area contributed by atoms with Gasteiger partial charge in [0.25, 0.3) is 17.5 Å². The SMILES string of the molecule is COc1ccc(-c2cc(=O)c(C(=O)Nc3ccccc3)c3c(C(=O)Nc4ccccc4)c(C)n(-c4ccccc4[N+](=O)[O-])nc2-3)cc1. The monoisotopic (exact) mass is 625 g/mol. The molecule has 1 aliphatic heterocycles. The summed E-state index contributed by atoms with van der Waals surface area (Å²) in [6.45, 7) is 1.56. The lowest BCUT2D eigenvalue weighted by molar-refractivity contribution is -0.384. The molecule has 11 nitrogen and oxygen atoms in total. The molecule has 1 heterocycles. The zero-order valence-electron chi connectivity index (χ0n) is 25.3. The van der Waals surface area contributed by atoms with Crippen molar-refractivity contribution in [2.24, 2.45) is 0 Å². The molecule has 0 radical (unpaired) electrons. The minimum Gasteiger partial charge on any atom is -0.497 e. The highest BCUT2D eigenvalue weighted by Gasteiger charge is 2.33. The Bertz CT molecular complexity index is 2160. The van der Waals surface area contributed by atoms with Gasteiger partial charge in [-0.05, 0) is 61.0 Å². The zero-order valence-corrected chi connectivity index (χ0v) is 25.3. The third-order valence-corrected chi connectivity index (χ3v) is 7.62. The van der Waals surface area contributed by atoms with Crippen LogP contribution in [0.1, 0.15) is 26.4 Å². The van der Waals surface area contributed by atoms with Crippen molar-refractivity contribution in [3.63, 3.8) is 0 Å². The number of nitrogens with zero attached hydrogens (tertiary/aromatic N) is 3. The van der Waals surface area contributed by atoms with Crippen molar-refractivity contribution < 1.29 is 19.2 Å². The maximum absolute atomic E-state index is 14.3. The van der Waals surface area contributed by atoms with Crippen molar-refractivity contribution in [2.75, 3.05) is 17.7 Å². The van der Waals surface area contributed by atoms with Crippen LogP contribution in [0.2, 0.25) is 0 Å². The number of hydrogen-bond acceptors (Lipinski definition) is 7. The third kappa shape index (κ3) is 5.92. The summed E-state index contributed by atoms with van der Waals surface area (Å²) in [5.41, 5.74) is 0.865. The van der Waals surface area contributed by atoms with Gasteiger partial charge in [0, 0.05) is 28.6 Å². The first-order valence-electron chi connectivity index (χ1n) is 14.5. The largest absolute Gasteiger partial charge is 0.497 e. The Labute approximate surface area is 268 Å². The van der Waals surface area contributed by atoms with Crippen LogP contribution < -0.4 is 20.8 Å². The summed E-state index contributed by atoms with van der Waals surface area (Å²) < 4.78 is 6.61. The highest BCUT2D eigenvalue weighted by molar-refractivity contribution is 6.17. The molecule has 6 rings (SSSR count). The number of carbonyl (C=O) groups is 2. The molecule has 2 N–H and O–H groups in total. The van der Waals surface area contributed by atoms with Crippen LogP contribution in [-0.4, -0.2) is 33.6 Å². The molecule has 0 fully saturated rings. The summed E-state index contributed by atoms with van der Waals surface area (Å²) in [6, 6.07) is 31.4. The molecule has 11 heteroatoms. The summed E-state index contributed by atoms with van der Waals surface area (Å²) >= 11 is 0. The minimum atomic E-state index is -0.745. The summed E-state index contributed by atoms with van der Waals surface area (Å²) in [5.74, 6) is -0.819. The third-order valence-electron chi connectivity index (χ3n) is 7.62. The number of nitrogens with one attached hydrogen (secondary N) is 2. The Balaban J connectivity index is 1.71. The fraction of sp³-hybridized carbons (Fsp3) is 0.0556. The second-order valence-electron chi connectivity index (χ2n) is 10.5. The minimum absolute atomic E-state index is 0.00230. The van der Waals surface area contributed by atoms with Gasteiger partial charge in [0.05, 0.1) is 28.9 Å². The van der Waals surface area contributed by atoms with Gasteiger partial charge in [-0.25, -0.2) is 4.68 Å². The molecule has 2 aliphatic rings. The van der Waals surface area contributed by atoms with Gasteiger partial charge in [-0.2, -0.15) is 5.10 Å². The fourth-order valence-corrected chi connectivity index (χ4v) is 5.41. The summed E-state index contributed by atoms with van der Waals surface area (Å²) in [6.07, 6.45) is 0. The van der Waals surface area contributed by atoms with Crippen molar-refractivity contribution in [2.45, 2.75) is 6.92 Å². The number of nitro benzene ring substituents is 1. The van der Waals surface area contributed by atoms with Gasteiger partial charge in [0.2, 0.25) is 0 Å². The van der Waals surface area contributed by atoms with E-state index < -0.39 is 22.2 Å². The Kier molecular flexibility index (Phi) is 8.27. The number of carbonyl (C=O) groups excluding carboxylic acids is 2. The van der Waals surface area contributed by atoms with E-state index in [0.717, 1.165) is 0 Å². The number of methoxy groups -OCH3 is 1. The second-order valence-corrected chi connectivity index (χ2v) is 10.5. The molecule has 0 spiro atoms. The molecule has 1 aliphatic carbocycles. The van der Waals surface area contributed by atoms with Crippen LogP contribution in [-0.2, 0) is 0 Å². The molecular formula is C36H27N5O6. The highest BCUT2D eigenvalue weighted by Crippen LogP contribution is 2.39. The van der Waals surface area contributed by atoms with Crippen LogP contribution in [0.3, 0.4) is 0 Å². The van der Waals surface area contributed by atoms with E-state index in [1.165, 1.54) is 36.1 Å². The molecule has 0 bridgehead atoms. The molecular weight excluding hydrogens is 598 g/mol. The average Bonchev–Trinajstić information content (AvgIpc) is 3.08. The van der Waals surface area contributed by atoms with Crippen LogP contribution in [0, 0.1) is 17.0 Å². The lowest BCUT2D eigenvalue weighted by atomic mass is 9.88. The number of fused-ring (bicyclic) bond motifs is 1. The van der Waals surface area contributed by atoms with E-state index in [1.807, 2.05) is 0 Å². The number of hydrogen-bond donors (Lipinski definition) is 2. The maximum Gasteiger partial charge on any atom is 0.294 e. The molecule has 0 saturated carbocycles. The molecule has 0 aromatic heterocycles. The van der Waals surface area contributed by atoms with Crippen molar-refractivity contribution in [3.05, 3.63) is 152 Å². The number of amides is 2. The van der Waals surface area contributed by atoms with E-state index in [1.54, 1.807) is 97.9 Å². The van der Waals surface area contributed by atoms with Gasteiger partial charge >= 0.3 is 0 Å². The topological polar surface area (TPSA) is 145 Å². The van der Waals surface area contributed by atoms with E-state index in [0.29, 0.717) is 28.3 Å². The van der Waals surface area contributed by atoms with Gasteiger partial charge in [-0.15, -0.1) is 0 Å². The van der Waals surface area contributed by atoms with Crippen LogP contribution in [0.4, 0.5) is 17.1 Å². The predicted molar refractivity (Wildman–Crippen MR) is 179 cm³/mol.